The van der Waals surface area contributed by atoms with Gasteiger partial charge in [-0.25, -0.2) is 4.79 Å². The summed E-state index contributed by atoms with van der Waals surface area (Å²) in [7, 11) is -4.37. The molecule has 16 heteroatoms. The van der Waals surface area contributed by atoms with Gasteiger partial charge in [0.15, 0.2) is 0 Å². The van der Waals surface area contributed by atoms with E-state index in [1.165, 1.54) is 11.0 Å². The minimum atomic E-state index is -4.37. The highest BCUT2D eigenvalue weighted by molar-refractivity contribution is 9.10. The van der Waals surface area contributed by atoms with Crippen molar-refractivity contribution in [2.45, 2.75) is 115 Å². The summed E-state index contributed by atoms with van der Waals surface area (Å²) in [5.74, 6) is -2.64. The summed E-state index contributed by atoms with van der Waals surface area (Å²) >= 11 is 3.42. The Morgan fingerprint density at radius 2 is 1.77 bits per heavy atom. The van der Waals surface area contributed by atoms with Gasteiger partial charge in [0.05, 0.1) is 17.7 Å². The number of amides is 5. The van der Waals surface area contributed by atoms with E-state index in [-0.39, 0.29) is 49.1 Å². The molecular formula is C37H53BrN5O9P. The van der Waals surface area contributed by atoms with Crippen molar-refractivity contribution in [3.8, 4) is 0 Å². The summed E-state index contributed by atoms with van der Waals surface area (Å²) in [4.78, 5) is 83.3. The molecule has 2 aliphatic carbocycles. The molecule has 2 aliphatic heterocycles. The first kappa shape index (κ1) is 40.9. The predicted octanol–water partition coefficient (Wildman–Crippen LogP) is 5.10. The van der Waals surface area contributed by atoms with Crippen LogP contribution < -0.4 is 16.0 Å². The van der Waals surface area contributed by atoms with Crippen LogP contribution in [-0.2, 0) is 23.4 Å². The van der Waals surface area contributed by atoms with Crippen LogP contribution in [-0.4, -0.2) is 100 Å². The van der Waals surface area contributed by atoms with E-state index in [2.05, 4.69) is 38.5 Å². The van der Waals surface area contributed by atoms with Gasteiger partial charge in [0, 0.05) is 36.1 Å². The lowest BCUT2D eigenvalue weighted by molar-refractivity contribution is -0.142. The summed E-state index contributed by atoms with van der Waals surface area (Å²) in [6.45, 7) is 11.7. The molecule has 0 radical (unpaired) electrons. The average Bonchev–Trinajstić information content (AvgIpc) is 3.37. The van der Waals surface area contributed by atoms with Crippen LogP contribution in [0.1, 0.15) is 106 Å². The summed E-state index contributed by atoms with van der Waals surface area (Å²) in [6.07, 6.45) is 6.75. The van der Waals surface area contributed by atoms with E-state index < -0.39 is 66.1 Å². The molecule has 2 saturated carbocycles. The number of alkyl carbamates (subject to hydrolysis) is 1. The van der Waals surface area contributed by atoms with Crippen LogP contribution in [0.3, 0.4) is 0 Å². The Labute approximate surface area is 319 Å². The number of carbonyl (C=O) groups is 5. The van der Waals surface area contributed by atoms with Crippen molar-refractivity contribution in [3.63, 3.8) is 0 Å². The fourth-order valence-corrected chi connectivity index (χ4v) is 9.80. The Balaban J connectivity index is 1.42. The molecule has 14 nitrogen and oxygen atoms in total. The van der Waals surface area contributed by atoms with Crippen molar-refractivity contribution in [3.05, 3.63) is 46.5 Å². The number of halogens is 1. The largest absolute Gasteiger partial charge is 0.446 e. The molecule has 292 valence electrons. The number of benzene rings is 1. The van der Waals surface area contributed by atoms with Gasteiger partial charge < -0.3 is 39.9 Å². The van der Waals surface area contributed by atoms with E-state index in [1.54, 1.807) is 50.8 Å². The third kappa shape index (κ3) is 9.17. The molecule has 0 spiro atoms. The van der Waals surface area contributed by atoms with Crippen LogP contribution in [0.2, 0.25) is 0 Å². The van der Waals surface area contributed by atoms with Crippen molar-refractivity contribution in [2.75, 3.05) is 26.2 Å². The molecule has 5 rings (SSSR count). The summed E-state index contributed by atoms with van der Waals surface area (Å²) in [5.41, 5.74) is -0.435. The Morgan fingerprint density at radius 3 is 2.38 bits per heavy atom. The van der Waals surface area contributed by atoms with Crippen molar-refractivity contribution in [1.82, 2.24) is 25.8 Å². The van der Waals surface area contributed by atoms with E-state index in [0.717, 1.165) is 44.9 Å². The first-order valence-electron chi connectivity index (χ1n) is 18.6. The number of carbonyl (C=O) groups excluding carboxylic acids is 5. The Hall–Kier alpha value is -3.26. The van der Waals surface area contributed by atoms with Gasteiger partial charge in [-0.15, -0.1) is 6.58 Å². The van der Waals surface area contributed by atoms with Gasteiger partial charge >= 0.3 is 13.7 Å². The smallest absolute Gasteiger partial charge is 0.408 e. The number of likely N-dealkylation sites (tertiary alicyclic amines) is 2. The zero-order chi connectivity index (χ0) is 38.7. The second-order valence-corrected chi connectivity index (χ2v) is 18.6. The van der Waals surface area contributed by atoms with E-state index in [9.17, 15) is 33.4 Å². The molecule has 6 atom stereocenters. The molecule has 53 heavy (non-hydrogen) atoms. The Kier molecular flexibility index (Phi) is 12.8. The number of piperidine rings is 1. The molecule has 1 aromatic carbocycles. The molecular weight excluding hydrogens is 769 g/mol. The molecule has 2 heterocycles. The van der Waals surface area contributed by atoms with E-state index >= 15 is 0 Å². The van der Waals surface area contributed by atoms with Gasteiger partial charge in [-0.1, -0.05) is 42.8 Å². The lowest BCUT2D eigenvalue weighted by Gasteiger charge is -2.36. The maximum atomic E-state index is 14.5. The topological polar surface area (TPSA) is 184 Å². The van der Waals surface area contributed by atoms with Crippen LogP contribution in [0.5, 0.6) is 0 Å². The minimum absolute atomic E-state index is 0.0463. The van der Waals surface area contributed by atoms with Crippen LogP contribution in [0.4, 0.5) is 4.79 Å². The van der Waals surface area contributed by atoms with E-state index in [1.807, 2.05) is 0 Å². The minimum Gasteiger partial charge on any atom is -0.446 e. The van der Waals surface area contributed by atoms with Crippen molar-refractivity contribution < 1.29 is 42.7 Å². The summed E-state index contributed by atoms with van der Waals surface area (Å²) < 4.78 is 24.8. The molecule has 3 unspecified atom stereocenters. The fraction of sp³-hybridized carbons (Fsp3) is 0.649. The highest BCUT2D eigenvalue weighted by atomic mass is 79.9. The third-order valence-electron chi connectivity index (χ3n) is 10.7. The van der Waals surface area contributed by atoms with E-state index in [0.29, 0.717) is 17.6 Å². The van der Waals surface area contributed by atoms with Crippen molar-refractivity contribution in [1.29, 1.82) is 0 Å². The number of hydrogen-bond acceptors (Lipinski definition) is 8. The maximum Gasteiger partial charge on any atom is 0.408 e. The maximum absolute atomic E-state index is 14.5. The van der Waals surface area contributed by atoms with Gasteiger partial charge in [0.1, 0.15) is 23.5 Å². The summed E-state index contributed by atoms with van der Waals surface area (Å²) in [5, 5.41) is 6.80. The monoisotopic (exact) mass is 821 g/mol. The van der Waals surface area contributed by atoms with Gasteiger partial charge in [0.25, 0.3) is 11.8 Å². The highest BCUT2D eigenvalue weighted by Crippen LogP contribution is 2.70. The number of hydrogen-bond donors (Lipinski definition) is 4. The van der Waals surface area contributed by atoms with Crippen LogP contribution in [0, 0.1) is 11.3 Å². The molecule has 2 saturated heterocycles. The highest BCUT2D eigenvalue weighted by Gasteiger charge is 2.67. The Morgan fingerprint density at radius 1 is 1.09 bits per heavy atom. The van der Waals surface area contributed by atoms with Gasteiger partial charge in [0.2, 0.25) is 11.8 Å². The van der Waals surface area contributed by atoms with Crippen LogP contribution >= 0.6 is 23.5 Å². The number of ether oxygens (including phenoxy) is 1. The molecule has 4 fully saturated rings. The quantitative estimate of drug-likeness (QED) is 0.165. The molecule has 1 aromatic rings. The average molecular weight is 823 g/mol. The van der Waals surface area contributed by atoms with Gasteiger partial charge in [-0.2, -0.15) is 0 Å². The van der Waals surface area contributed by atoms with Crippen LogP contribution in [0.25, 0.3) is 0 Å². The van der Waals surface area contributed by atoms with Crippen molar-refractivity contribution >= 4 is 53.2 Å². The number of rotatable bonds is 12. The molecule has 4 aliphatic rings. The van der Waals surface area contributed by atoms with Gasteiger partial charge in [-0.05, 0) is 88.3 Å². The zero-order valence-electron chi connectivity index (χ0n) is 31.0. The standard InChI is InChI=1S/C37H53BrN5O9P/c1-6-23-21-37(23,53(49,50)51-7-2)41-32(45)29-20-25(22-43(29)34(47)30(36(3,4)5)40-35(48)52-26-13-9-10-14-26)39-31(44)28-19-24(38)15-16-27(28)33(46)42-17-11-8-12-18-42/h6,15-16,19,23,25-26,29-30H,1,7-14,17-18,20-22H2,2-5H3,(H,39,44)(H,40,48)(H,41,45)(H,49,50)/t23?,25-,29+,30-,37?/m1/s1. The normalized spacial score (nSPS) is 26.3. The summed E-state index contributed by atoms with van der Waals surface area (Å²) in [6, 6.07) is 1.80. The van der Waals surface area contributed by atoms with E-state index in [4.69, 9.17) is 9.26 Å². The second-order valence-electron chi connectivity index (χ2n) is 15.6. The number of nitrogens with zero attached hydrogens (tertiary/aromatic N) is 2. The fourth-order valence-electron chi connectivity index (χ4n) is 7.66. The molecule has 0 aromatic heterocycles. The van der Waals surface area contributed by atoms with Crippen molar-refractivity contribution in [2.24, 2.45) is 11.3 Å². The second kappa shape index (κ2) is 16.6. The SMILES string of the molecule is C=CC1CC1(NC(=O)[C@@H]1C[C@@H](NC(=O)c2cc(Br)ccc2C(=O)N2CCCCC2)CN1C(=O)[C@@H](NC(=O)OC1CCCC1)C(C)(C)C)P(=O)(O)OCC. The molecule has 4 N–H and O–H groups in total. The lowest BCUT2D eigenvalue weighted by atomic mass is 9.85. The number of nitrogens with one attached hydrogen (secondary N) is 3. The molecule has 5 amide bonds. The zero-order valence-corrected chi connectivity index (χ0v) is 33.5. The molecule has 0 bridgehead atoms. The first-order valence-corrected chi connectivity index (χ1v) is 21.0. The predicted molar refractivity (Wildman–Crippen MR) is 201 cm³/mol. The van der Waals surface area contributed by atoms with Crippen LogP contribution in [0.15, 0.2) is 35.3 Å². The van der Waals surface area contributed by atoms with Gasteiger partial charge in [-0.3, -0.25) is 23.7 Å². The lowest BCUT2D eigenvalue weighted by Crippen LogP contribution is -2.58. The first-order chi connectivity index (χ1) is 25.0. The Bertz CT molecular complexity index is 1640. The third-order valence-corrected chi connectivity index (χ3v) is 13.4.